The van der Waals surface area contributed by atoms with E-state index < -0.39 is 5.97 Å². The minimum absolute atomic E-state index is 0.722. The van der Waals surface area contributed by atoms with Crippen LogP contribution in [0.4, 0.5) is 0 Å². The molecule has 0 spiro atoms. The average molecular weight is 155 g/mol. The van der Waals surface area contributed by atoms with Crippen LogP contribution in [0.2, 0.25) is 0 Å². The van der Waals surface area contributed by atoms with Gasteiger partial charge in [0.05, 0.1) is 0 Å². The molecule has 0 aliphatic heterocycles. The second-order valence-electron chi connectivity index (χ2n) is 3.43. The van der Waals surface area contributed by atoms with Gasteiger partial charge in [0, 0.05) is 0 Å². The highest BCUT2D eigenvalue weighted by Crippen LogP contribution is 2.38. The van der Waals surface area contributed by atoms with Crippen molar-refractivity contribution in [1.29, 1.82) is 5.26 Å². The van der Waals surface area contributed by atoms with Crippen molar-refractivity contribution in [3.8, 4) is 6.07 Å². The zero-order valence-electron chi connectivity index (χ0n) is 6.92. The maximum atomic E-state index is 9.01. The summed E-state index contributed by atoms with van der Waals surface area (Å²) in [5, 5.41) is 14.7. The van der Waals surface area contributed by atoms with Gasteiger partial charge in [-0.15, -0.1) is 0 Å². The van der Waals surface area contributed by atoms with Crippen LogP contribution in [0.3, 0.4) is 0 Å². The standard InChI is InChI=1S/C6H12.C2HNO2/c1-6(2)4-3-5-6;3-1-2(4)5/h3-5H2,1-2H3;(H,4,5). The van der Waals surface area contributed by atoms with Crippen molar-refractivity contribution in [3.05, 3.63) is 0 Å². The number of hydrogen-bond donors (Lipinski definition) is 1. The number of nitriles is 1. The van der Waals surface area contributed by atoms with E-state index in [-0.39, 0.29) is 0 Å². The maximum absolute atomic E-state index is 9.01. The molecule has 0 bridgehead atoms. The van der Waals surface area contributed by atoms with E-state index >= 15 is 0 Å². The topological polar surface area (TPSA) is 61.1 Å². The van der Waals surface area contributed by atoms with E-state index in [1.807, 2.05) is 0 Å². The first-order chi connectivity index (χ1) is 4.98. The van der Waals surface area contributed by atoms with Crippen LogP contribution in [-0.4, -0.2) is 11.1 Å². The van der Waals surface area contributed by atoms with Crippen molar-refractivity contribution in [3.63, 3.8) is 0 Å². The van der Waals surface area contributed by atoms with Gasteiger partial charge in [0.2, 0.25) is 0 Å². The quantitative estimate of drug-likeness (QED) is 0.428. The molecule has 1 rings (SSSR count). The number of carbonyl (C=O) groups is 1. The van der Waals surface area contributed by atoms with Gasteiger partial charge >= 0.3 is 5.97 Å². The Balaban J connectivity index is 0.000000187. The van der Waals surface area contributed by atoms with Gasteiger partial charge in [-0.2, -0.15) is 5.26 Å². The summed E-state index contributed by atoms with van der Waals surface area (Å²) in [6, 6.07) is 0.944. The SMILES string of the molecule is CC1(C)CCC1.N#CC(=O)O. The fourth-order valence-electron chi connectivity index (χ4n) is 0.884. The van der Waals surface area contributed by atoms with E-state index in [0.717, 1.165) is 11.5 Å². The highest BCUT2D eigenvalue weighted by Gasteiger charge is 2.24. The van der Waals surface area contributed by atoms with Crippen molar-refractivity contribution in [2.45, 2.75) is 33.1 Å². The minimum Gasteiger partial charge on any atom is -0.470 e. The molecule has 0 heterocycles. The lowest BCUT2D eigenvalue weighted by Crippen LogP contribution is -2.20. The zero-order chi connectivity index (χ0) is 8.91. The Bertz CT molecular complexity index is 173. The first kappa shape index (κ1) is 9.96. The average Bonchev–Trinajstić information content (AvgIpc) is 1.86. The van der Waals surface area contributed by atoms with Gasteiger partial charge in [0.25, 0.3) is 0 Å². The Hall–Kier alpha value is -1.04. The summed E-state index contributed by atoms with van der Waals surface area (Å²) in [5.74, 6) is -1.44. The summed E-state index contributed by atoms with van der Waals surface area (Å²) < 4.78 is 0. The van der Waals surface area contributed by atoms with Gasteiger partial charge in [-0.05, 0) is 18.3 Å². The number of carboxylic acid groups (broad SMARTS) is 1. The molecule has 0 atom stereocenters. The summed E-state index contributed by atoms with van der Waals surface area (Å²) >= 11 is 0. The molecule has 1 N–H and O–H groups in total. The van der Waals surface area contributed by atoms with E-state index in [0.29, 0.717) is 0 Å². The van der Waals surface area contributed by atoms with E-state index in [1.54, 1.807) is 0 Å². The van der Waals surface area contributed by atoms with Crippen molar-refractivity contribution in [2.24, 2.45) is 5.41 Å². The Labute approximate surface area is 66.6 Å². The molecule has 0 radical (unpaired) electrons. The highest BCUT2D eigenvalue weighted by atomic mass is 16.4. The molecule has 0 amide bonds. The first-order valence-corrected chi connectivity index (χ1v) is 3.61. The summed E-state index contributed by atoms with van der Waals surface area (Å²) in [4.78, 5) is 9.01. The second-order valence-corrected chi connectivity index (χ2v) is 3.43. The number of hydrogen-bond acceptors (Lipinski definition) is 2. The third-order valence-electron chi connectivity index (χ3n) is 1.80. The minimum atomic E-state index is -1.44. The van der Waals surface area contributed by atoms with E-state index in [2.05, 4.69) is 13.8 Å². The fourth-order valence-corrected chi connectivity index (χ4v) is 0.884. The van der Waals surface area contributed by atoms with Crippen LogP contribution in [0.1, 0.15) is 33.1 Å². The molecule has 11 heavy (non-hydrogen) atoms. The monoisotopic (exact) mass is 155 g/mol. The highest BCUT2D eigenvalue weighted by molar-refractivity contribution is 5.83. The van der Waals surface area contributed by atoms with Crippen LogP contribution in [0, 0.1) is 16.7 Å². The molecule has 1 aliphatic rings. The van der Waals surface area contributed by atoms with Crippen molar-refractivity contribution >= 4 is 5.97 Å². The predicted octanol–water partition coefficient (Wildman–Crippen LogP) is 1.79. The molecule has 0 unspecified atom stereocenters. The summed E-state index contributed by atoms with van der Waals surface area (Å²) in [6.07, 6.45) is 4.37. The van der Waals surface area contributed by atoms with Gasteiger partial charge in [-0.3, -0.25) is 0 Å². The molecule has 1 aliphatic carbocycles. The van der Waals surface area contributed by atoms with E-state index in [4.69, 9.17) is 15.2 Å². The van der Waals surface area contributed by atoms with Crippen molar-refractivity contribution < 1.29 is 9.90 Å². The maximum Gasteiger partial charge on any atom is 0.408 e. The van der Waals surface area contributed by atoms with Crippen LogP contribution in [0.25, 0.3) is 0 Å². The molecular formula is C8H13NO2. The summed E-state index contributed by atoms with van der Waals surface area (Å²) in [5.41, 5.74) is 0.722. The normalized spacial score (nSPS) is 18.3. The van der Waals surface area contributed by atoms with Crippen LogP contribution in [0.5, 0.6) is 0 Å². The lowest BCUT2D eigenvalue weighted by molar-refractivity contribution is -0.130. The fraction of sp³-hybridized carbons (Fsp3) is 0.750. The van der Waals surface area contributed by atoms with Gasteiger partial charge in [0.15, 0.2) is 6.07 Å². The lowest BCUT2D eigenvalue weighted by atomic mass is 9.72. The van der Waals surface area contributed by atoms with Gasteiger partial charge in [-0.1, -0.05) is 20.3 Å². The van der Waals surface area contributed by atoms with Crippen LogP contribution in [-0.2, 0) is 4.79 Å². The molecular weight excluding hydrogens is 142 g/mol. The van der Waals surface area contributed by atoms with Crippen LogP contribution in [0.15, 0.2) is 0 Å². The molecule has 0 saturated heterocycles. The van der Waals surface area contributed by atoms with Gasteiger partial charge in [-0.25, -0.2) is 4.79 Å². The predicted molar refractivity (Wildman–Crippen MR) is 40.9 cm³/mol. The molecule has 3 nitrogen and oxygen atoms in total. The molecule has 3 heteroatoms. The third kappa shape index (κ3) is 5.41. The van der Waals surface area contributed by atoms with Crippen molar-refractivity contribution in [2.75, 3.05) is 0 Å². The van der Waals surface area contributed by atoms with Gasteiger partial charge < -0.3 is 5.11 Å². The van der Waals surface area contributed by atoms with Crippen LogP contribution < -0.4 is 0 Å². The number of aliphatic carboxylic acids is 1. The zero-order valence-corrected chi connectivity index (χ0v) is 6.92. The number of rotatable bonds is 0. The largest absolute Gasteiger partial charge is 0.470 e. The Morgan fingerprint density at radius 2 is 1.82 bits per heavy atom. The first-order valence-electron chi connectivity index (χ1n) is 3.61. The Kier molecular flexibility index (Phi) is 3.59. The molecule has 0 aromatic rings. The lowest BCUT2D eigenvalue weighted by Gasteiger charge is -2.33. The van der Waals surface area contributed by atoms with Gasteiger partial charge in [0.1, 0.15) is 0 Å². The molecule has 62 valence electrons. The Morgan fingerprint density at radius 3 is 1.82 bits per heavy atom. The van der Waals surface area contributed by atoms with Crippen molar-refractivity contribution in [1.82, 2.24) is 0 Å². The molecule has 0 aromatic carbocycles. The summed E-state index contributed by atoms with van der Waals surface area (Å²) in [7, 11) is 0. The van der Waals surface area contributed by atoms with Crippen LogP contribution >= 0.6 is 0 Å². The number of carboxylic acids is 1. The second kappa shape index (κ2) is 3.97. The summed E-state index contributed by atoms with van der Waals surface area (Å²) in [6.45, 7) is 4.66. The smallest absolute Gasteiger partial charge is 0.408 e. The Morgan fingerprint density at radius 1 is 1.55 bits per heavy atom. The molecule has 1 saturated carbocycles. The van der Waals surface area contributed by atoms with E-state index in [9.17, 15) is 0 Å². The molecule has 0 aromatic heterocycles. The van der Waals surface area contributed by atoms with E-state index in [1.165, 1.54) is 19.3 Å². The number of nitrogens with zero attached hydrogens (tertiary/aromatic N) is 1. The third-order valence-corrected chi connectivity index (χ3v) is 1.80. The molecule has 1 fully saturated rings.